The second-order valence-corrected chi connectivity index (χ2v) is 16.0. The molecular formula is C53H90O6. The first kappa shape index (κ1) is 55.9. The molecule has 0 saturated carbocycles. The Labute approximate surface area is 363 Å². The van der Waals surface area contributed by atoms with Crippen molar-refractivity contribution in [2.75, 3.05) is 13.2 Å². The first-order valence-corrected chi connectivity index (χ1v) is 24.4. The van der Waals surface area contributed by atoms with Crippen molar-refractivity contribution in [1.29, 1.82) is 0 Å². The topological polar surface area (TPSA) is 78.9 Å². The Morgan fingerprint density at radius 1 is 0.356 bits per heavy atom. The zero-order chi connectivity index (χ0) is 43.0. The van der Waals surface area contributed by atoms with Gasteiger partial charge in [0, 0.05) is 19.3 Å². The van der Waals surface area contributed by atoms with Crippen LogP contribution in [-0.2, 0) is 28.6 Å². The number of ether oxygens (including phenoxy) is 3. The largest absolute Gasteiger partial charge is 0.462 e. The number of carbonyl (C=O) groups excluding carboxylic acids is 3. The number of carbonyl (C=O) groups is 3. The van der Waals surface area contributed by atoms with Crippen LogP contribution < -0.4 is 0 Å². The van der Waals surface area contributed by atoms with Gasteiger partial charge in [0.2, 0.25) is 0 Å². The summed E-state index contributed by atoms with van der Waals surface area (Å²) in [4.78, 5) is 37.9. The fraction of sp³-hybridized carbons (Fsp3) is 0.717. The van der Waals surface area contributed by atoms with E-state index in [1.165, 1.54) is 57.8 Å². The van der Waals surface area contributed by atoms with E-state index < -0.39 is 6.10 Å². The molecule has 0 N–H and O–H groups in total. The van der Waals surface area contributed by atoms with Gasteiger partial charge in [0.25, 0.3) is 0 Å². The van der Waals surface area contributed by atoms with Crippen LogP contribution in [0.3, 0.4) is 0 Å². The summed E-state index contributed by atoms with van der Waals surface area (Å²) in [6.45, 7) is 6.42. The van der Waals surface area contributed by atoms with Crippen LogP contribution in [-0.4, -0.2) is 37.2 Å². The molecule has 0 rings (SSSR count). The lowest BCUT2D eigenvalue weighted by atomic mass is 10.1. The lowest BCUT2D eigenvalue weighted by Gasteiger charge is -2.18. The van der Waals surface area contributed by atoms with E-state index in [-0.39, 0.29) is 31.1 Å². The van der Waals surface area contributed by atoms with Gasteiger partial charge in [-0.25, -0.2) is 0 Å². The van der Waals surface area contributed by atoms with Gasteiger partial charge in [-0.05, 0) is 103 Å². The van der Waals surface area contributed by atoms with Crippen molar-refractivity contribution in [3.05, 3.63) is 72.9 Å². The predicted octanol–water partition coefficient (Wildman–Crippen LogP) is 15.9. The van der Waals surface area contributed by atoms with Crippen molar-refractivity contribution in [1.82, 2.24) is 0 Å². The van der Waals surface area contributed by atoms with E-state index in [9.17, 15) is 14.4 Å². The van der Waals surface area contributed by atoms with Crippen molar-refractivity contribution in [3.8, 4) is 0 Å². The number of unbranched alkanes of at least 4 members (excludes halogenated alkanes) is 20. The van der Waals surface area contributed by atoms with Crippen LogP contribution >= 0.6 is 0 Å². The lowest BCUT2D eigenvalue weighted by molar-refractivity contribution is -0.167. The maximum Gasteiger partial charge on any atom is 0.306 e. The Bertz CT molecular complexity index is 1130. The van der Waals surface area contributed by atoms with E-state index in [4.69, 9.17) is 14.2 Å². The highest BCUT2D eigenvalue weighted by molar-refractivity contribution is 5.71. The third-order valence-corrected chi connectivity index (χ3v) is 10.2. The molecule has 0 aromatic rings. The monoisotopic (exact) mass is 823 g/mol. The van der Waals surface area contributed by atoms with Crippen LogP contribution in [0.2, 0.25) is 0 Å². The van der Waals surface area contributed by atoms with Crippen LogP contribution in [0.15, 0.2) is 72.9 Å². The summed E-state index contributed by atoms with van der Waals surface area (Å²) in [7, 11) is 0. The van der Waals surface area contributed by atoms with Gasteiger partial charge in [-0.1, -0.05) is 177 Å². The molecule has 6 heteroatoms. The molecule has 0 aliphatic carbocycles. The summed E-state index contributed by atoms with van der Waals surface area (Å²) in [6.07, 6.45) is 58.8. The van der Waals surface area contributed by atoms with Crippen LogP contribution in [0.25, 0.3) is 0 Å². The van der Waals surface area contributed by atoms with Gasteiger partial charge < -0.3 is 14.2 Å². The molecule has 0 radical (unpaired) electrons. The van der Waals surface area contributed by atoms with Gasteiger partial charge in [-0.2, -0.15) is 0 Å². The fourth-order valence-electron chi connectivity index (χ4n) is 6.47. The van der Waals surface area contributed by atoms with Gasteiger partial charge in [0.1, 0.15) is 13.2 Å². The molecule has 0 unspecified atom stereocenters. The molecule has 6 nitrogen and oxygen atoms in total. The summed E-state index contributed by atoms with van der Waals surface area (Å²) in [5.41, 5.74) is 0. The Morgan fingerprint density at radius 2 is 0.678 bits per heavy atom. The number of allylic oxidation sites excluding steroid dienone is 12. The van der Waals surface area contributed by atoms with E-state index in [1.54, 1.807) is 0 Å². The van der Waals surface area contributed by atoms with Crippen molar-refractivity contribution in [2.45, 2.75) is 232 Å². The molecule has 0 bridgehead atoms. The standard InChI is InChI=1S/C53H90O6/c1-4-7-10-13-16-19-22-24-26-28-31-34-37-40-43-46-52(55)58-49-50(48-57-51(54)45-42-39-36-33-30-21-18-15-12-9-6-3)59-53(56)47-44-41-38-35-32-29-27-25-23-20-17-14-11-8-5-2/h7,10,15-20,24-27,50H,4-6,8-9,11-14,21-23,28-49H2,1-3H3/b10-7-,18-15-,19-16-,20-17-,26-24-,27-25-/t50-/m0/s1. The zero-order valence-corrected chi connectivity index (χ0v) is 38.5. The van der Waals surface area contributed by atoms with Gasteiger partial charge in [-0.3, -0.25) is 14.4 Å². The minimum Gasteiger partial charge on any atom is -0.462 e. The third-order valence-electron chi connectivity index (χ3n) is 10.2. The highest BCUT2D eigenvalue weighted by Crippen LogP contribution is 2.13. The van der Waals surface area contributed by atoms with Crippen LogP contribution in [0.4, 0.5) is 0 Å². The molecule has 1 atom stereocenters. The second-order valence-electron chi connectivity index (χ2n) is 16.0. The number of esters is 3. The normalized spacial score (nSPS) is 12.7. The van der Waals surface area contributed by atoms with E-state index in [1.807, 2.05) is 0 Å². The molecule has 0 heterocycles. The Kier molecular flexibility index (Phi) is 45.0. The van der Waals surface area contributed by atoms with Gasteiger partial charge >= 0.3 is 17.9 Å². The third kappa shape index (κ3) is 45.8. The van der Waals surface area contributed by atoms with Crippen molar-refractivity contribution >= 4 is 17.9 Å². The molecule has 0 aromatic heterocycles. The minimum atomic E-state index is -0.791. The quantitative estimate of drug-likeness (QED) is 0.0264. The second kappa shape index (κ2) is 47.5. The lowest BCUT2D eigenvalue weighted by Crippen LogP contribution is -2.30. The summed E-state index contributed by atoms with van der Waals surface area (Å²) in [5, 5.41) is 0. The molecule has 338 valence electrons. The first-order chi connectivity index (χ1) is 29.0. The van der Waals surface area contributed by atoms with Crippen molar-refractivity contribution in [3.63, 3.8) is 0 Å². The highest BCUT2D eigenvalue weighted by Gasteiger charge is 2.19. The van der Waals surface area contributed by atoms with Gasteiger partial charge in [0.15, 0.2) is 6.10 Å². The van der Waals surface area contributed by atoms with Crippen molar-refractivity contribution in [2.24, 2.45) is 0 Å². The Hall–Kier alpha value is -3.15. The number of rotatable bonds is 43. The first-order valence-electron chi connectivity index (χ1n) is 24.4. The number of hydrogen-bond acceptors (Lipinski definition) is 6. The molecule has 0 fully saturated rings. The Morgan fingerprint density at radius 3 is 1.10 bits per heavy atom. The van der Waals surface area contributed by atoms with Gasteiger partial charge in [0.05, 0.1) is 0 Å². The van der Waals surface area contributed by atoms with Crippen LogP contribution in [0, 0.1) is 0 Å². The molecule has 59 heavy (non-hydrogen) atoms. The summed E-state index contributed by atoms with van der Waals surface area (Å²) in [5.74, 6) is -0.935. The molecular weight excluding hydrogens is 733 g/mol. The molecule has 0 aliphatic rings. The predicted molar refractivity (Wildman–Crippen MR) is 251 cm³/mol. The SMILES string of the molecule is CC/C=C\C/C=C\C/C=C\CCCCCCCC(=O)OC[C@H](COC(=O)CCCCCCC/C=C\CCCC)OC(=O)CCCCCCC/C=C\C/C=C\CCCCC. The van der Waals surface area contributed by atoms with Crippen molar-refractivity contribution < 1.29 is 28.6 Å². The molecule has 0 aliphatic heterocycles. The molecule has 0 saturated heterocycles. The maximum absolute atomic E-state index is 12.8. The average molecular weight is 823 g/mol. The summed E-state index contributed by atoms with van der Waals surface area (Å²) < 4.78 is 16.7. The summed E-state index contributed by atoms with van der Waals surface area (Å²) >= 11 is 0. The fourth-order valence-corrected chi connectivity index (χ4v) is 6.47. The van der Waals surface area contributed by atoms with E-state index in [2.05, 4.69) is 93.7 Å². The molecule has 0 amide bonds. The highest BCUT2D eigenvalue weighted by atomic mass is 16.6. The molecule has 0 aromatic carbocycles. The maximum atomic E-state index is 12.8. The summed E-state index contributed by atoms with van der Waals surface area (Å²) in [6, 6.07) is 0. The van der Waals surface area contributed by atoms with E-state index in [0.717, 1.165) is 128 Å². The molecule has 0 spiro atoms. The minimum absolute atomic E-state index is 0.0918. The van der Waals surface area contributed by atoms with Crippen LogP contribution in [0.5, 0.6) is 0 Å². The van der Waals surface area contributed by atoms with Crippen LogP contribution in [0.1, 0.15) is 226 Å². The average Bonchev–Trinajstić information content (AvgIpc) is 3.23. The zero-order valence-electron chi connectivity index (χ0n) is 38.5. The van der Waals surface area contributed by atoms with E-state index >= 15 is 0 Å². The number of hydrogen-bond donors (Lipinski definition) is 0. The van der Waals surface area contributed by atoms with Gasteiger partial charge in [-0.15, -0.1) is 0 Å². The smallest absolute Gasteiger partial charge is 0.306 e. The Balaban J connectivity index is 4.44. The van der Waals surface area contributed by atoms with E-state index in [0.29, 0.717) is 19.3 Å².